The minimum atomic E-state index is -4.68. The first-order valence-electron chi connectivity index (χ1n) is 6.12. The predicted octanol–water partition coefficient (Wildman–Crippen LogP) is 4.98. The largest absolute Gasteiger partial charge is 0.451 e. The maximum absolute atomic E-state index is 13.1. The molecule has 0 unspecified atom stereocenters. The fourth-order valence-electron chi connectivity index (χ4n) is 1.92. The van der Waals surface area contributed by atoms with Gasteiger partial charge in [-0.15, -0.1) is 10.2 Å². The van der Waals surface area contributed by atoms with Crippen LogP contribution in [0.4, 0.5) is 13.2 Å². The van der Waals surface area contributed by atoms with Gasteiger partial charge in [0.25, 0.3) is 5.89 Å². The second-order valence-corrected chi connectivity index (χ2v) is 4.92. The van der Waals surface area contributed by atoms with Gasteiger partial charge in [0.1, 0.15) is 5.76 Å². The van der Waals surface area contributed by atoms with Gasteiger partial charge < -0.3 is 8.83 Å². The van der Waals surface area contributed by atoms with E-state index in [-0.39, 0.29) is 23.1 Å². The Kier molecular flexibility index (Phi) is 3.44. The van der Waals surface area contributed by atoms with Crippen molar-refractivity contribution in [2.45, 2.75) is 13.1 Å². The Morgan fingerprint density at radius 2 is 1.73 bits per heavy atom. The predicted molar refractivity (Wildman–Crippen MR) is 72.2 cm³/mol. The first-order valence-corrected chi connectivity index (χ1v) is 6.50. The Labute approximate surface area is 127 Å². The number of benzene rings is 1. The Hall–Kier alpha value is -2.28. The summed E-state index contributed by atoms with van der Waals surface area (Å²) in [5.41, 5.74) is 0.162. The lowest BCUT2D eigenvalue weighted by Gasteiger charge is -2.03. The van der Waals surface area contributed by atoms with Crippen molar-refractivity contribution in [1.29, 1.82) is 0 Å². The van der Waals surface area contributed by atoms with Gasteiger partial charge in [0.15, 0.2) is 0 Å². The van der Waals surface area contributed by atoms with E-state index in [1.54, 1.807) is 24.3 Å². The summed E-state index contributed by atoms with van der Waals surface area (Å²) >= 11 is 5.76. The van der Waals surface area contributed by atoms with Crippen LogP contribution in [0.3, 0.4) is 0 Å². The summed E-state index contributed by atoms with van der Waals surface area (Å²) in [6, 6.07) is 7.46. The van der Waals surface area contributed by atoms with Crippen molar-refractivity contribution in [3.8, 4) is 22.8 Å². The number of hydrogen-bond acceptors (Lipinski definition) is 4. The highest BCUT2D eigenvalue weighted by Gasteiger charge is 2.40. The number of hydrogen-bond donors (Lipinski definition) is 0. The van der Waals surface area contributed by atoms with Gasteiger partial charge >= 0.3 is 6.18 Å². The lowest BCUT2D eigenvalue weighted by molar-refractivity contribution is -0.152. The Balaban J connectivity index is 2.14. The van der Waals surface area contributed by atoms with Crippen LogP contribution >= 0.6 is 11.6 Å². The lowest BCUT2D eigenvalue weighted by Crippen LogP contribution is -2.04. The van der Waals surface area contributed by atoms with Gasteiger partial charge in [-0.3, -0.25) is 0 Å². The van der Waals surface area contributed by atoms with Gasteiger partial charge in [0.2, 0.25) is 11.7 Å². The molecular weight excluding hydrogens is 321 g/mol. The maximum Gasteiger partial charge on any atom is 0.450 e. The topological polar surface area (TPSA) is 52.1 Å². The van der Waals surface area contributed by atoms with Crippen LogP contribution in [0.5, 0.6) is 0 Å². The summed E-state index contributed by atoms with van der Waals surface area (Å²) in [5, 5.41) is 7.62. The zero-order chi connectivity index (χ0) is 15.9. The van der Waals surface area contributed by atoms with Gasteiger partial charge in [-0.25, -0.2) is 0 Å². The first-order chi connectivity index (χ1) is 10.3. The monoisotopic (exact) mass is 328 g/mol. The van der Waals surface area contributed by atoms with E-state index in [4.69, 9.17) is 20.4 Å². The second kappa shape index (κ2) is 5.17. The van der Waals surface area contributed by atoms with Crippen LogP contribution < -0.4 is 0 Å². The van der Waals surface area contributed by atoms with Crippen LogP contribution in [0.2, 0.25) is 5.02 Å². The van der Waals surface area contributed by atoms with Crippen molar-refractivity contribution in [2.24, 2.45) is 0 Å². The molecular formula is C14H8ClF3N2O2. The average molecular weight is 329 g/mol. The molecule has 0 radical (unpaired) electrons. The van der Waals surface area contributed by atoms with Gasteiger partial charge in [0.05, 0.1) is 5.56 Å². The molecule has 8 heteroatoms. The number of furan rings is 1. The summed E-state index contributed by atoms with van der Waals surface area (Å²) in [5.74, 6) is -1.22. The quantitative estimate of drug-likeness (QED) is 0.666. The Morgan fingerprint density at radius 1 is 1.05 bits per heavy atom. The second-order valence-electron chi connectivity index (χ2n) is 4.48. The van der Waals surface area contributed by atoms with Gasteiger partial charge in [0, 0.05) is 17.5 Å². The molecule has 0 N–H and O–H groups in total. The van der Waals surface area contributed by atoms with Gasteiger partial charge in [-0.2, -0.15) is 13.2 Å². The Morgan fingerprint density at radius 3 is 2.27 bits per heavy atom. The van der Waals surface area contributed by atoms with E-state index in [1.165, 1.54) is 13.0 Å². The van der Waals surface area contributed by atoms with Crippen LogP contribution in [0, 0.1) is 6.92 Å². The van der Waals surface area contributed by atoms with E-state index >= 15 is 0 Å². The molecule has 0 amide bonds. The van der Waals surface area contributed by atoms with Gasteiger partial charge in [-0.1, -0.05) is 11.6 Å². The minimum Gasteiger partial charge on any atom is -0.451 e. The third-order valence-electron chi connectivity index (χ3n) is 2.87. The fourth-order valence-corrected chi connectivity index (χ4v) is 2.05. The summed E-state index contributed by atoms with van der Waals surface area (Å²) in [6.07, 6.45) is -4.68. The first kappa shape index (κ1) is 14.6. The van der Waals surface area contributed by atoms with Crippen LogP contribution in [-0.2, 0) is 6.18 Å². The van der Waals surface area contributed by atoms with E-state index < -0.39 is 11.9 Å². The van der Waals surface area contributed by atoms with Crippen LogP contribution in [0.15, 0.2) is 39.2 Å². The number of alkyl halides is 3. The van der Waals surface area contributed by atoms with E-state index in [0.29, 0.717) is 10.6 Å². The Bertz CT molecular complexity index is 806. The molecule has 0 aliphatic carbocycles. The molecule has 0 aliphatic heterocycles. The number of rotatable bonds is 2. The summed E-state index contributed by atoms with van der Waals surface area (Å²) in [7, 11) is 0. The molecule has 3 rings (SSSR count). The van der Waals surface area contributed by atoms with Crippen molar-refractivity contribution in [3.63, 3.8) is 0 Å². The molecule has 2 aromatic heterocycles. The van der Waals surface area contributed by atoms with E-state index in [0.717, 1.165) is 0 Å². The molecule has 0 spiro atoms. The van der Waals surface area contributed by atoms with Crippen molar-refractivity contribution in [2.75, 3.05) is 0 Å². The van der Waals surface area contributed by atoms with Crippen LogP contribution in [-0.4, -0.2) is 10.2 Å². The zero-order valence-electron chi connectivity index (χ0n) is 11.1. The molecule has 1 aromatic carbocycles. The minimum absolute atomic E-state index is 0.0369. The molecule has 114 valence electrons. The average Bonchev–Trinajstić information content (AvgIpc) is 3.05. The third kappa shape index (κ3) is 2.71. The molecule has 0 saturated carbocycles. The SMILES string of the molecule is Cc1nnc(-c2cc(-c3ccc(Cl)cc3)oc2C(F)(F)F)o1. The number of nitrogens with zero attached hydrogens (tertiary/aromatic N) is 2. The molecule has 2 heterocycles. The summed E-state index contributed by atoms with van der Waals surface area (Å²) < 4.78 is 49.4. The van der Waals surface area contributed by atoms with Crippen molar-refractivity contribution >= 4 is 11.6 Å². The molecule has 0 atom stereocenters. The van der Waals surface area contributed by atoms with Crippen LogP contribution in [0.25, 0.3) is 22.8 Å². The molecule has 0 bridgehead atoms. The number of aryl methyl sites for hydroxylation is 1. The highest BCUT2D eigenvalue weighted by Crippen LogP contribution is 2.41. The van der Waals surface area contributed by atoms with Gasteiger partial charge in [-0.05, 0) is 30.3 Å². The summed E-state index contributed by atoms with van der Waals surface area (Å²) in [6.45, 7) is 1.49. The van der Waals surface area contributed by atoms with Crippen molar-refractivity contribution in [1.82, 2.24) is 10.2 Å². The zero-order valence-corrected chi connectivity index (χ0v) is 11.9. The number of halogens is 4. The van der Waals surface area contributed by atoms with E-state index in [2.05, 4.69) is 10.2 Å². The summed E-state index contributed by atoms with van der Waals surface area (Å²) in [4.78, 5) is 0. The van der Waals surface area contributed by atoms with E-state index in [1.807, 2.05) is 0 Å². The molecule has 4 nitrogen and oxygen atoms in total. The fraction of sp³-hybridized carbons (Fsp3) is 0.143. The van der Waals surface area contributed by atoms with Crippen molar-refractivity contribution in [3.05, 3.63) is 47.0 Å². The highest BCUT2D eigenvalue weighted by atomic mass is 35.5. The third-order valence-corrected chi connectivity index (χ3v) is 3.13. The smallest absolute Gasteiger partial charge is 0.450 e. The molecule has 3 aromatic rings. The van der Waals surface area contributed by atoms with Crippen LogP contribution in [0.1, 0.15) is 11.7 Å². The molecule has 22 heavy (non-hydrogen) atoms. The standard InChI is InChI=1S/C14H8ClF3N2O2/c1-7-19-20-13(21-7)10-6-11(22-12(10)14(16,17)18)8-2-4-9(15)5-3-8/h2-6H,1H3. The number of aromatic nitrogens is 2. The molecule has 0 fully saturated rings. The molecule has 0 aliphatic rings. The lowest BCUT2D eigenvalue weighted by atomic mass is 10.1. The maximum atomic E-state index is 13.1. The highest BCUT2D eigenvalue weighted by molar-refractivity contribution is 6.30. The van der Waals surface area contributed by atoms with E-state index in [9.17, 15) is 13.2 Å². The molecule has 0 saturated heterocycles. The normalized spacial score (nSPS) is 11.9. The van der Waals surface area contributed by atoms with Crippen molar-refractivity contribution < 1.29 is 22.0 Å².